The fraction of sp³-hybridized carbons (Fsp3) is 0.368. The number of nitrogens with zero attached hydrogens (tertiary/aromatic N) is 5. The van der Waals surface area contributed by atoms with Crippen LogP contribution in [-0.4, -0.2) is 77.5 Å². The second kappa shape index (κ2) is 14.1. The van der Waals surface area contributed by atoms with Crippen molar-refractivity contribution < 1.29 is 19.4 Å². The van der Waals surface area contributed by atoms with Crippen LogP contribution in [0.25, 0.3) is 22.2 Å². The fourth-order valence-corrected chi connectivity index (χ4v) is 7.32. The molecule has 1 saturated heterocycles. The lowest BCUT2D eigenvalue weighted by atomic mass is 9.84. The molecule has 2 N–H and O–H groups in total. The van der Waals surface area contributed by atoms with Gasteiger partial charge in [0.15, 0.2) is 5.69 Å². The van der Waals surface area contributed by atoms with Gasteiger partial charge in [-0.1, -0.05) is 92.1 Å². The number of aromatic nitrogens is 4. The highest BCUT2D eigenvalue weighted by Crippen LogP contribution is 2.33. The first-order valence-electron chi connectivity index (χ1n) is 17.2. The van der Waals surface area contributed by atoms with Crippen molar-refractivity contribution in [2.75, 3.05) is 19.6 Å². The second-order valence-electron chi connectivity index (χ2n) is 13.3. The van der Waals surface area contributed by atoms with Crippen LogP contribution in [0.5, 0.6) is 0 Å². The van der Waals surface area contributed by atoms with Crippen molar-refractivity contribution in [2.45, 2.75) is 69.9 Å². The lowest BCUT2D eigenvalue weighted by molar-refractivity contribution is -0.0111. The summed E-state index contributed by atoms with van der Waals surface area (Å²) in [4.78, 5) is 48.7. The molecule has 0 unspecified atom stereocenters. The molecule has 1 aliphatic carbocycles. The molecule has 0 spiro atoms. The van der Waals surface area contributed by atoms with E-state index in [9.17, 15) is 19.5 Å². The molecule has 5 aromatic rings. The minimum atomic E-state index is -0.854. The Kier molecular flexibility index (Phi) is 9.34. The molecule has 2 aliphatic rings. The van der Waals surface area contributed by atoms with Crippen molar-refractivity contribution in [1.29, 1.82) is 0 Å². The number of benzene rings is 3. The zero-order valence-electron chi connectivity index (χ0n) is 27.5. The summed E-state index contributed by atoms with van der Waals surface area (Å²) in [6, 6.07) is 26.3. The number of fused-ring (bicyclic) bond motifs is 1. The van der Waals surface area contributed by atoms with E-state index in [-0.39, 0.29) is 37.2 Å². The first kappa shape index (κ1) is 32.4. The van der Waals surface area contributed by atoms with Crippen molar-refractivity contribution >= 4 is 22.9 Å². The van der Waals surface area contributed by atoms with Gasteiger partial charge in [-0.25, -0.2) is 9.78 Å². The number of carbonyl (C=O) groups is 2. The molecule has 49 heavy (non-hydrogen) atoms. The van der Waals surface area contributed by atoms with Crippen molar-refractivity contribution in [3.8, 4) is 11.3 Å². The van der Waals surface area contributed by atoms with E-state index >= 15 is 0 Å². The van der Waals surface area contributed by atoms with Gasteiger partial charge in [0, 0.05) is 31.7 Å². The number of hydrogen-bond acceptors (Lipinski definition) is 6. The number of imidazole rings is 1. The van der Waals surface area contributed by atoms with Crippen LogP contribution in [-0.2, 0) is 24.4 Å². The number of para-hydroxylation sites is 1. The highest BCUT2D eigenvalue weighted by molar-refractivity contribution is 5.98. The molecule has 1 aliphatic heterocycles. The SMILES string of the molecule is O=C(OCc1ccccc1)N1CCN(C(=O)c2ncn(CC3(O)CCCCC3)c2-c2ccccc2)[C@H](CCn2[nH]c(=O)c3ccccc32)C1. The zero-order chi connectivity index (χ0) is 33.8. The first-order valence-corrected chi connectivity index (χ1v) is 17.2. The number of aliphatic hydroxyl groups is 1. The van der Waals surface area contributed by atoms with Gasteiger partial charge in [-0.2, -0.15) is 0 Å². The Morgan fingerprint density at radius 1 is 0.918 bits per heavy atom. The van der Waals surface area contributed by atoms with Crippen LogP contribution in [0, 0.1) is 0 Å². The van der Waals surface area contributed by atoms with Crippen LogP contribution >= 0.6 is 0 Å². The van der Waals surface area contributed by atoms with Crippen LogP contribution < -0.4 is 5.56 Å². The topological polar surface area (TPSA) is 126 Å². The van der Waals surface area contributed by atoms with E-state index < -0.39 is 11.7 Å². The van der Waals surface area contributed by atoms with Crippen molar-refractivity contribution in [2.24, 2.45) is 0 Å². The minimum absolute atomic E-state index is 0.157. The minimum Gasteiger partial charge on any atom is -0.445 e. The number of H-pyrrole nitrogens is 1. The van der Waals surface area contributed by atoms with Gasteiger partial charge in [0.25, 0.3) is 11.5 Å². The van der Waals surface area contributed by atoms with Crippen molar-refractivity contribution in [3.63, 3.8) is 0 Å². The molecule has 2 amide bonds. The van der Waals surface area contributed by atoms with E-state index in [4.69, 9.17) is 4.74 Å². The summed E-state index contributed by atoms with van der Waals surface area (Å²) in [5.41, 5.74) is 2.49. The molecule has 0 radical (unpaired) electrons. The molecule has 254 valence electrons. The molecule has 2 fully saturated rings. The summed E-state index contributed by atoms with van der Waals surface area (Å²) in [7, 11) is 0. The summed E-state index contributed by atoms with van der Waals surface area (Å²) in [5.74, 6) is -0.235. The number of hydrogen-bond donors (Lipinski definition) is 2. The van der Waals surface area contributed by atoms with E-state index in [1.165, 1.54) is 0 Å². The number of ether oxygens (including phenoxy) is 1. The normalized spacial score (nSPS) is 17.7. The molecular formula is C38H42N6O5. The number of carbonyl (C=O) groups excluding carboxylic acids is 2. The summed E-state index contributed by atoms with van der Waals surface area (Å²) in [6.07, 6.45) is 6.19. The standard InChI is InChI=1S/C38H42N6O5/c45-35-31-16-8-9-17-32(31)44(40-35)21-18-30-24-41(37(47)49-25-28-12-4-1-5-13-28)22-23-43(30)36(46)33-34(29-14-6-2-7-15-29)42(27-39-33)26-38(48)19-10-3-11-20-38/h1-2,4-9,12-17,27,30,48H,3,10-11,18-26H2,(H,40,45)/t30-/m1/s1. The first-order chi connectivity index (χ1) is 23.9. The van der Waals surface area contributed by atoms with Crippen molar-refractivity contribution in [1.82, 2.24) is 29.1 Å². The molecule has 2 aromatic heterocycles. The number of nitrogens with one attached hydrogen (secondary N) is 1. The molecule has 3 aromatic carbocycles. The summed E-state index contributed by atoms with van der Waals surface area (Å²) >= 11 is 0. The third-order valence-corrected chi connectivity index (χ3v) is 9.91. The van der Waals surface area contributed by atoms with Gasteiger partial charge in [-0.15, -0.1) is 0 Å². The maximum atomic E-state index is 14.6. The molecule has 1 saturated carbocycles. The van der Waals surface area contributed by atoms with E-state index in [0.29, 0.717) is 55.7 Å². The van der Waals surface area contributed by atoms with Gasteiger partial charge in [0.1, 0.15) is 6.61 Å². The molecule has 3 heterocycles. The number of rotatable bonds is 9. The van der Waals surface area contributed by atoms with E-state index in [2.05, 4.69) is 10.1 Å². The number of piperazine rings is 1. The van der Waals surface area contributed by atoms with E-state index in [0.717, 1.165) is 35.9 Å². The lowest BCUT2D eigenvalue weighted by Gasteiger charge is -2.41. The molecule has 11 nitrogen and oxygen atoms in total. The third kappa shape index (κ3) is 7.03. The highest BCUT2D eigenvalue weighted by Gasteiger charge is 2.37. The molecule has 1 atom stereocenters. The van der Waals surface area contributed by atoms with Crippen LogP contribution in [0.2, 0.25) is 0 Å². The molecular weight excluding hydrogens is 620 g/mol. The predicted octanol–water partition coefficient (Wildman–Crippen LogP) is 5.44. The zero-order valence-corrected chi connectivity index (χ0v) is 27.5. The Balaban J connectivity index is 1.17. The summed E-state index contributed by atoms with van der Waals surface area (Å²) < 4.78 is 9.41. The maximum absolute atomic E-state index is 14.6. The van der Waals surface area contributed by atoms with Gasteiger partial charge in [0.2, 0.25) is 0 Å². The van der Waals surface area contributed by atoms with Crippen LogP contribution in [0.4, 0.5) is 4.79 Å². The summed E-state index contributed by atoms with van der Waals surface area (Å²) in [6.45, 7) is 1.81. The fourth-order valence-electron chi connectivity index (χ4n) is 7.32. The monoisotopic (exact) mass is 662 g/mol. The van der Waals surface area contributed by atoms with Gasteiger partial charge >= 0.3 is 6.09 Å². The average molecular weight is 663 g/mol. The Bertz CT molecular complexity index is 1960. The number of aryl methyl sites for hydroxylation is 1. The molecule has 0 bridgehead atoms. The largest absolute Gasteiger partial charge is 0.445 e. The maximum Gasteiger partial charge on any atom is 0.410 e. The Hall–Kier alpha value is -5.16. The third-order valence-electron chi connectivity index (χ3n) is 9.91. The van der Waals surface area contributed by atoms with Gasteiger partial charge < -0.3 is 24.2 Å². The quantitative estimate of drug-likeness (QED) is 0.217. The Morgan fingerprint density at radius 2 is 1.63 bits per heavy atom. The molecule has 11 heteroatoms. The van der Waals surface area contributed by atoms with Gasteiger partial charge in [-0.05, 0) is 37.0 Å². The highest BCUT2D eigenvalue weighted by atomic mass is 16.6. The Labute approximate surface area is 284 Å². The number of aromatic amines is 1. The second-order valence-corrected chi connectivity index (χ2v) is 13.3. The summed E-state index contributed by atoms with van der Waals surface area (Å²) in [5, 5.41) is 15.0. The smallest absolute Gasteiger partial charge is 0.410 e. The van der Waals surface area contributed by atoms with Crippen molar-refractivity contribution in [3.05, 3.63) is 113 Å². The average Bonchev–Trinajstić information content (AvgIpc) is 3.70. The van der Waals surface area contributed by atoms with E-state index in [1.54, 1.807) is 22.2 Å². The molecule has 7 rings (SSSR count). The van der Waals surface area contributed by atoms with Gasteiger partial charge in [0.05, 0.1) is 41.1 Å². The van der Waals surface area contributed by atoms with Crippen LogP contribution in [0.1, 0.15) is 54.6 Å². The Morgan fingerprint density at radius 3 is 2.41 bits per heavy atom. The lowest BCUT2D eigenvalue weighted by Crippen LogP contribution is -2.57. The number of amides is 2. The van der Waals surface area contributed by atoms with Gasteiger partial charge in [-0.3, -0.25) is 19.4 Å². The predicted molar refractivity (Wildman–Crippen MR) is 186 cm³/mol. The van der Waals surface area contributed by atoms with E-state index in [1.807, 2.05) is 88.1 Å². The van der Waals surface area contributed by atoms with Crippen LogP contribution in [0.3, 0.4) is 0 Å². The van der Waals surface area contributed by atoms with Crippen LogP contribution in [0.15, 0.2) is 96.1 Å².